The van der Waals surface area contributed by atoms with Crippen LogP contribution in [0.1, 0.15) is 24.8 Å². The van der Waals surface area contributed by atoms with Gasteiger partial charge in [-0.15, -0.1) is 10.2 Å². The average molecular weight is 313 g/mol. The molecule has 22 heavy (non-hydrogen) atoms. The summed E-state index contributed by atoms with van der Waals surface area (Å²) in [7, 11) is 3.04. The quantitative estimate of drug-likeness (QED) is 0.601. The van der Waals surface area contributed by atoms with Crippen molar-refractivity contribution in [3.63, 3.8) is 0 Å². The second-order valence-corrected chi connectivity index (χ2v) is 5.08. The van der Waals surface area contributed by atoms with Crippen LogP contribution in [0.2, 0.25) is 0 Å². The molecule has 2 rings (SSSR count). The SMILES string of the molecule is COCCn1nnc(C2CN(CCCC(=O)OC)CCO2)n1. The number of aromatic nitrogens is 4. The molecule has 0 bridgehead atoms. The van der Waals surface area contributed by atoms with E-state index >= 15 is 0 Å². The average Bonchev–Trinajstić information content (AvgIpc) is 3.02. The maximum Gasteiger partial charge on any atom is 0.305 e. The third-order valence-corrected chi connectivity index (χ3v) is 3.49. The van der Waals surface area contributed by atoms with E-state index in [1.807, 2.05) is 0 Å². The second-order valence-electron chi connectivity index (χ2n) is 5.08. The van der Waals surface area contributed by atoms with Crippen LogP contribution in [0.4, 0.5) is 0 Å². The van der Waals surface area contributed by atoms with E-state index in [4.69, 9.17) is 9.47 Å². The first-order chi connectivity index (χ1) is 10.7. The van der Waals surface area contributed by atoms with E-state index in [9.17, 15) is 4.79 Å². The lowest BCUT2D eigenvalue weighted by atomic mass is 10.2. The molecule has 1 aromatic rings. The molecule has 0 aromatic carbocycles. The molecule has 2 heterocycles. The lowest BCUT2D eigenvalue weighted by Gasteiger charge is -2.31. The normalized spacial score (nSPS) is 19.3. The molecule has 1 aliphatic heterocycles. The van der Waals surface area contributed by atoms with Crippen molar-refractivity contribution in [2.45, 2.75) is 25.5 Å². The molecule has 1 unspecified atom stereocenters. The van der Waals surface area contributed by atoms with Crippen molar-refractivity contribution in [2.24, 2.45) is 0 Å². The molecule has 0 spiro atoms. The van der Waals surface area contributed by atoms with Crippen molar-refractivity contribution in [1.29, 1.82) is 0 Å². The third kappa shape index (κ3) is 5.00. The number of methoxy groups -OCH3 is 2. The zero-order chi connectivity index (χ0) is 15.8. The molecule has 1 fully saturated rings. The van der Waals surface area contributed by atoms with Crippen molar-refractivity contribution >= 4 is 5.97 Å². The highest BCUT2D eigenvalue weighted by molar-refractivity contribution is 5.69. The van der Waals surface area contributed by atoms with Crippen LogP contribution in [0.15, 0.2) is 0 Å². The molecule has 0 N–H and O–H groups in total. The molecule has 9 nitrogen and oxygen atoms in total. The standard InChI is InChI=1S/C13H23N5O4/c1-20-8-7-18-15-13(14-16-18)11-10-17(6-9-22-11)5-3-4-12(19)21-2/h11H,3-10H2,1-2H3. The van der Waals surface area contributed by atoms with Gasteiger partial charge in [-0.1, -0.05) is 0 Å². The Morgan fingerprint density at radius 2 is 2.27 bits per heavy atom. The second kappa shape index (κ2) is 8.76. The van der Waals surface area contributed by atoms with Crippen molar-refractivity contribution in [3.8, 4) is 0 Å². The largest absolute Gasteiger partial charge is 0.469 e. The fourth-order valence-corrected chi connectivity index (χ4v) is 2.26. The maximum absolute atomic E-state index is 11.1. The molecular formula is C13H23N5O4. The molecule has 1 saturated heterocycles. The van der Waals surface area contributed by atoms with Gasteiger partial charge in [-0.05, 0) is 18.2 Å². The van der Waals surface area contributed by atoms with Gasteiger partial charge in [-0.25, -0.2) is 0 Å². The smallest absolute Gasteiger partial charge is 0.305 e. The van der Waals surface area contributed by atoms with E-state index in [2.05, 4.69) is 25.0 Å². The Hall–Kier alpha value is -1.58. The van der Waals surface area contributed by atoms with Gasteiger partial charge in [0.25, 0.3) is 0 Å². The molecule has 9 heteroatoms. The Morgan fingerprint density at radius 1 is 1.41 bits per heavy atom. The summed E-state index contributed by atoms with van der Waals surface area (Å²) in [6.45, 7) is 4.11. The van der Waals surface area contributed by atoms with Crippen molar-refractivity contribution in [1.82, 2.24) is 25.1 Å². The van der Waals surface area contributed by atoms with Crippen LogP contribution in [0.3, 0.4) is 0 Å². The molecule has 0 radical (unpaired) electrons. The molecule has 0 amide bonds. The highest BCUT2D eigenvalue weighted by Crippen LogP contribution is 2.18. The topological polar surface area (TPSA) is 91.6 Å². The summed E-state index contributed by atoms with van der Waals surface area (Å²) in [6, 6.07) is 0. The van der Waals surface area contributed by atoms with Crippen LogP contribution >= 0.6 is 0 Å². The van der Waals surface area contributed by atoms with E-state index in [0.29, 0.717) is 38.5 Å². The highest BCUT2D eigenvalue weighted by Gasteiger charge is 2.25. The van der Waals surface area contributed by atoms with Gasteiger partial charge in [0.05, 0.1) is 26.9 Å². The molecular weight excluding hydrogens is 290 g/mol. The van der Waals surface area contributed by atoms with Gasteiger partial charge in [-0.3, -0.25) is 9.69 Å². The number of nitrogens with zero attached hydrogens (tertiary/aromatic N) is 5. The third-order valence-electron chi connectivity index (χ3n) is 3.49. The first-order valence-corrected chi connectivity index (χ1v) is 7.40. The number of morpholine rings is 1. The Morgan fingerprint density at radius 3 is 3.05 bits per heavy atom. The van der Waals surface area contributed by atoms with Crippen LogP contribution in [0, 0.1) is 0 Å². The maximum atomic E-state index is 11.1. The fraction of sp³-hybridized carbons (Fsp3) is 0.846. The van der Waals surface area contributed by atoms with E-state index in [-0.39, 0.29) is 12.1 Å². The van der Waals surface area contributed by atoms with Gasteiger partial charge in [0.15, 0.2) is 0 Å². The monoisotopic (exact) mass is 313 g/mol. The van der Waals surface area contributed by atoms with Gasteiger partial charge in [0, 0.05) is 26.6 Å². The number of tetrazole rings is 1. The molecule has 1 atom stereocenters. The molecule has 1 aliphatic rings. The minimum absolute atomic E-state index is 0.174. The van der Waals surface area contributed by atoms with Crippen LogP contribution < -0.4 is 0 Å². The number of ether oxygens (including phenoxy) is 3. The number of hydrogen-bond donors (Lipinski definition) is 0. The summed E-state index contributed by atoms with van der Waals surface area (Å²) in [5.41, 5.74) is 0. The van der Waals surface area contributed by atoms with Gasteiger partial charge >= 0.3 is 5.97 Å². The zero-order valence-corrected chi connectivity index (χ0v) is 13.1. The molecule has 0 saturated carbocycles. The number of carbonyl (C=O) groups is 1. The van der Waals surface area contributed by atoms with Crippen LogP contribution in [-0.4, -0.2) is 78.1 Å². The summed E-state index contributed by atoms with van der Waals surface area (Å²) in [5.74, 6) is 0.418. The molecule has 124 valence electrons. The summed E-state index contributed by atoms with van der Waals surface area (Å²) in [5, 5.41) is 12.4. The van der Waals surface area contributed by atoms with E-state index in [0.717, 1.165) is 19.5 Å². The van der Waals surface area contributed by atoms with Crippen molar-refractivity contribution < 1.29 is 19.0 Å². The number of carbonyl (C=O) groups excluding carboxylic acids is 1. The summed E-state index contributed by atoms with van der Waals surface area (Å²) < 4.78 is 15.3. The zero-order valence-electron chi connectivity index (χ0n) is 13.1. The summed E-state index contributed by atoms with van der Waals surface area (Å²) in [6.07, 6.45) is 1.03. The summed E-state index contributed by atoms with van der Waals surface area (Å²) >= 11 is 0. The lowest BCUT2D eigenvalue weighted by molar-refractivity contribution is -0.140. The Balaban J connectivity index is 1.79. The van der Waals surface area contributed by atoms with Crippen molar-refractivity contribution in [3.05, 3.63) is 5.82 Å². The van der Waals surface area contributed by atoms with Gasteiger partial charge in [0.2, 0.25) is 5.82 Å². The van der Waals surface area contributed by atoms with Gasteiger partial charge < -0.3 is 14.2 Å². The minimum atomic E-state index is -0.178. The highest BCUT2D eigenvalue weighted by atomic mass is 16.5. The Bertz CT molecular complexity index is 467. The first kappa shape index (κ1) is 16.8. The summed E-state index contributed by atoms with van der Waals surface area (Å²) in [4.78, 5) is 14.9. The van der Waals surface area contributed by atoms with Crippen LogP contribution in [0.25, 0.3) is 0 Å². The van der Waals surface area contributed by atoms with E-state index < -0.39 is 0 Å². The number of rotatable bonds is 8. The predicted molar refractivity (Wildman–Crippen MR) is 76.1 cm³/mol. The van der Waals surface area contributed by atoms with E-state index in [1.165, 1.54) is 11.9 Å². The fourth-order valence-electron chi connectivity index (χ4n) is 2.26. The Kier molecular flexibility index (Phi) is 6.69. The minimum Gasteiger partial charge on any atom is -0.469 e. The number of esters is 1. The van der Waals surface area contributed by atoms with Crippen LogP contribution in [-0.2, 0) is 25.5 Å². The van der Waals surface area contributed by atoms with Gasteiger partial charge in [-0.2, -0.15) is 4.80 Å². The molecule has 0 aliphatic carbocycles. The Labute approximate surface area is 129 Å². The van der Waals surface area contributed by atoms with Crippen LogP contribution in [0.5, 0.6) is 0 Å². The van der Waals surface area contributed by atoms with Crippen molar-refractivity contribution in [2.75, 3.05) is 47.1 Å². The lowest BCUT2D eigenvalue weighted by Crippen LogP contribution is -2.39. The molecule has 1 aromatic heterocycles. The van der Waals surface area contributed by atoms with Gasteiger partial charge in [0.1, 0.15) is 6.10 Å². The predicted octanol–water partition coefficient (Wildman–Crippen LogP) is -0.354. The first-order valence-electron chi connectivity index (χ1n) is 7.40. The van der Waals surface area contributed by atoms with E-state index in [1.54, 1.807) is 7.11 Å². The number of hydrogen-bond acceptors (Lipinski definition) is 8.